The van der Waals surface area contributed by atoms with E-state index in [1.165, 1.54) is 18.9 Å². The van der Waals surface area contributed by atoms with Crippen molar-refractivity contribution in [3.05, 3.63) is 47.8 Å². The maximum absolute atomic E-state index is 13.9. The molecule has 0 radical (unpaired) electrons. The number of benzene rings is 1. The van der Waals surface area contributed by atoms with E-state index in [2.05, 4.69) is 25.2 Å². The second-order valence-corrected chi connectivity index (χ2v) is 8.61. The van der Waals surface area contributed by atoms with Crippen molar-refractivity contribution < 1.29 is 9.13 Å². The Morgan fingerprint density at radius 3 is 2.58 bits per heavy atom. The maximum atomic E-state index is 13.9. The zero-order valence-corrected chi connectivity index (χ0v) is 18.0. The molecule has 31 heavy (non-hydrogen) atoms. The molecule has 0 amide bonds. The highest BCUT2D eigenvalue weighted by atomic mass is 35.5. The minimum Gasteiger partial charge on any atom is -0.379 e. The van der Waals surface area contributed by atoms with Crippen LogP contribution in [0.3, 0.4) is 0 Å². The third-order valence-electron chi connectivity index (χ3n) is 6.36. The van der Waals surface area contributed by atoms with Crippen LogP contribution in [0.2, 0.25) is 5.15 Å². The van der Waals surface area contributed by atoms with E-state index < -0.39 is 5.82 Å². The summed E-state index contributed by atoms with van der Waals surface area (Å²) in [5.41, 5.74) is 2.37. The quantitative estimate of drug-likeness (QED) is 0.600. The number of ether oxygens (including phenoxy) is 1. The van der Waals surface area contributed by atoms with Crippen molar-refractivity contribution in [2.75, 3.05) is 31.6 Å². The molecule has 1 aromatic carbocycles. The van der Waals surface area contributed by atoms with Gasteiger partial charge in [0.15, 0.2) is 11.0 Å². The number of hydrogen-bond acceptors (Lipinski definition) is 6. The predicted molar refractivity (Wildman–Crippen MR) is 120 cm³/mol. The lowest BCUT2D eigenvalue weighted by atomic mass is 9.90. The fourth-order valence-electron chi connectivity index (χ4n) is 4.65. The summed E-state index contributed by atoms with van der Waals surface area (Å²) < 4.78 is 19.4. The van der Waals surface area contributed by atoms with Crippen LogP contribution >= 0.6 is 11.6 Å². The second kappa shape index (κ2) is 9.02. The lowest BCUT2D eigenvalue weighted by Crippen LogP contribution is -2.46. The van der Waals surface area contributed by atoms with Crippen molar-refractivity contribution in [3.8, 4) is 11.1 Å². The van der Waals surface area contributed by atoms with Gasteiger partial charge in [0.05, 0.1) is 18.7 Å². The molecule has 3 heterocycles. The highest BCUT2D eigenvalue weighted by Gasteiger charge is 2.27. The van der Waals surface area contributed by atoms with Gasteiger partial charge in [0.1, 0.15) is 12.1 Å². The highest BCUT2D eigenvalue weighted by Crippen LogP contribution is 2.31. The molecule has 0 spiro atoms. The number of anilines is 1. The SMILES string of the molecule is Fc1cc(-c2ccc3ncnc(NC4CCC(N5CCOCC5)CC4)c3c2)cnc1Cl. The van der Waals surface area contributed by atoms with Crippen molar-refractivity contribution in [2.24, 2.45) is 0 Å². The number of nitrogens with one attached hydrogen (secondary N) is 1. The van der Waals surface area contributed by atoms with Crippen LogP contribution in [0, 0.1) is 5.82 Å². The lowest BCUT2D eigenvalue weighted by Gasteiger charge is -2.39. The molecule has 0 atom stereocenters. The topological polar surface area (TPSA) is 63.2 Å². The number of pyridine rings is 1. The molecular formula is C23H25ClFN5O. The van der Waals surface area contributed by atoms with Crippen LogP contribution < -0.4 is 5.32 Å². The van der Waals surface area contributed by atoms with Crippen molar-refractivity contribution in [1.82, 2.24) is 19.9 Å². The van der Waals surface area contributed by atoms with Crippen LogP contribution in [0.5, 0.6) is 0 Å². The van der Waals surface area contributed by atoms with Gasteiger partial charge in [-0.25, -0.2) is 19.3 Å². The lowest BCUT2D eigenvalue weighted by molar-refractivity contribution is 0.00791. The van der Waals surface area contributed by atoms with E-state index in [4.69, 9.17) is 16.3 Å². The third kappa shape index (κ3) is 4.49. The van der Waals surface area contributed by atoms with Gasteiger partial charge in [-0.15, -0.1) is 0 Å². The number of hydrogen-bond donors (Lipinski definition) is 1. The maximum Gasteiger partial charge on any atom is 0.164 e. The first-order valence-electron chi connectivity index (χ1n) is 10.8. The molecule has 0 unspecified atom stereocenters. The van der Waals surface area contributed by atoms with Crippen LogP contribution in [-0.4, -0.2) is 58.2 Å². The first-order chi connectivity index (χ1) is 15.2. The molecule has 2 aromatic heterocycles. The third-order valence-corrected chi connectivity index (χ3v) is 6.64. The largest absolute Gasteiger partial charge is 0.379 e. The van der Waals surface area contributed by atoms with Gasteiger partial charge in [-0.2, -0.15) is 0 Å². The average Bonchev–Trinajstić information content (AvgIpc) is 2.82. The standard InChI is InChI=1S/C23H25ClFN5O/c24-22-20(25)12-16(13-26-22)15-1-6-21-19(11-15)23(28-14-27-21)29-17-2-4-18(5-3-17)30-7-9-31-10-8-30/h1,6,11-14,17-18H,2-5,7-10H2,(H,27,28,29). The fraction of sp³-hybridized carbons (Fsp3) is 0.435. The van der Waals surface area contributed by atoms with Crippen molar-refractivity contribution >= 4 is 28.3 Å². The Bertz CT molecular complexity index is 1070. The van der Waals surface area contributed by atoms with Gasteiger partial charge in [0, 0.05) is 42.3 Å². The van der Waals surface area contributed by atoms with Crippen LogP contribution in [0.1, 0.15) is 25.7 Å². The highest BCUT2D eigenvalue weighted by molar-refractivity contribution is 6.29. The normalized spacial score (nSPS) is 22.5. The summed E-state index contributed by atoms with van der Waals surface area (Å²) in [5, 5.41) is 4.44. The van der Waals surface area contributed by atoms with Crippen molar-refractivity contribution in [3.63, 3.8) is 0 Å². The summed E-state index contributed by atoms with van der Waals surface area (Å²) in [6.07, 6.45) is 7.76. The molecule has 1 saturated heterocycles. The van der Waals surface area contributed by atoms with E-state index in [0.29, 0.717) is 17.6 Å². The predicted octanol–water partition coefficient (Wildman–Crippen LogP) is 4.54. The number of morpholine rings is 1. The van der Waals surface area contributed by atoms with E-state index in [-0.39, 0.29) is 5.15 Å². The molecular weight excluding hydrogens is 417 g/mol. The summed E-state index contributed by atoms with van der Waals surface area (Å²) >= 11 is 5.73. The Labute approximate surface area is 185 Å². The Morgan fingerprint density at radius 1 is 1.00 bits per heavy atom. The molecule has 1 aliphatic carbocycles. The molecule has 1 N–H and O–H groups in total. The zero-order chi connectivity index (χ0) is 21.2. The van der Waals surface area contributed by atoms with Gasteiger partial charge >= 0.3 is 0 Å². The zero-order valence-electron chi connectivity index (χ0n) is 17.2. The molecule has 2 fully saturated rings. The van der Waals surface area contributed by atoms with E-state index >= 15 is 0 Å². The fourth-order valence-corrected chi connectivity index (χ4v) is 4.75. The molecule has 1 aliphatic heterocycles. The van der Waals surface area contributed by atoms with Gasteiger partial charge in [-0.05, 0) is 49.4 Å². The molecule has 0 bridgehead atoms. The number of rotatable bonds is 4. The Balaban J connectivity index is 1.33. The van der Waals surface area contributed by atoms with Gasteiger partial charge in [-0.1, -0.05) is 17.7 Å². The summed E-state index contributed by atoms with van der Waals surface area (Å²) in [6.45, 7) is 3.78. The molecule has 5 rings (SSSR count). The van der Waals surface area contributed by atoms with E-state index in [9.17, 15) is 4.39 Å². The minimum atomic E-state index is -0.529. The van der Waals surface area contributed by atoms with E-state index in [1.807, 2.05) is 18.2 Å². The molecule has 1 saturated carbocycles. The van der Waals surface area contributed by atoms with Crippen LogP contribution in [0.4, 0.5) is 10.2 Å². The smallest absolute Gasteiger partial charge is 0.164 e. The molecule has 8 heteroatoms. The van der Waals surface area contributed by atoms with Crippen molar-refractivity contribution in [1.29, 1.82) is 0 Å². The summed E-state index contributed by atoms with van der Waals surface area (Å²) in [5.74, 6) is 0.294. The molecule has 6 nitrogen and oxygen atoms in total. The molecule has 3 aromatic rings. The summed E-state index contributed by atoms with van der Waals surface area (Å²) in [4.78, 5) is 15.4. The van der Waals surface area contributed by atoms with Gasteiger partial charge in [-0.3, -0.25) is 4.90 Å². The van der Waals surface area contributed by atoms with Crippen LogP contribution in [0.15, 0.2) is 36.8 Å². The Kier molecular flexibility index (Phi) is 5.98. The number of nitrogens with zero attached hydrogens (tertiary/aromatic N) is 4. The summed E-state index contributed by atoms with van der Waals surface area (Å²) in [7, 11) is 0. The van der Waals surface area contributed by atoms with Gasteiger partial charge < -0.3 is 10.1 Å². The van der Waals surface area contributed by atoms with E-state index in [0.717, 1.165) is 61.4 Å². The minimum absolute atomic E-state index is 0.122. The molecule has 162 valence electrons. The summed E-state index contributed by atoms with van der Waals surface area (Å²) in [6, 6.07) is 8.27. The van der Waals surface area contributed by atoms with Crippen LogP contribution in [-0.2, 0) is 4.74 Å². The van der Waals surface area contributed by atoms with Gasteiger partial charge in [0.2, 0.25) is 0 Å². The Hall–Kier alpha value is -2.35. The molecule has 2 aliphatic rings. The van der Waals surface area contributed by atoms with Gasteiger partial charge in [0.25, 0.3) is 0 Å². The second-order valence-electron chi connectivity index (χ2n) is 8.25. The number of fused-ring (bicyclic) bond motifs is 1. The van der Waals surface area contributed by atoms with Crippen molar-refractivity contribution in [2.45, 2.75) is 37.8 Å². The number of halogens is 2. The Morgan fingerprint density at radius 2 is 1.81 bits per heavy atom. The number of aromatic nitrogens is 3. The first kappa shape index (κ1) is 20.5. The van der Waals surface area contributed by atoms with E-state index in [1.54, 1.807) is 12.5 Å². The monoisotopic (exact) mass is 441 g/mol. The first-order valence-corrected chi connectivity index (χ1v) is 11.2. The van der Waals surface area contributed by atoms with Crippen LogP contribution in [0.25, 0.3) is 22.0 Å². The average molecular weight is 442 g/mol.